The van der Waals surface area contributed by atoms with E-state index in [9.17, 15) is 10.1 Å². The van der Waals surface area contributed by atoms with Gasteiger partial charge in [0.2, 0.25) is 0 Å². The molecule has 1 saturated heterocycles. The molecular weight excluding hydrogens is 342 g/mol. The first-order chi connectivity index (χ1) is 11.8. The maximum Gasteiger partial charge on any atom is 0.410 e. The summed E-state index contributed by atoms with van der Waals surface area (Å²) in [5.74, 6) is 1.07. The minimum absolute atomic E-state index is 0.262. The van der Waals surface area contributed by atoms with Crippen LogP contribution in [0.4, 0.5) is 4.79 Å². The van der Waals surface area contributed by atoms with Crippen LogP contribution in [0.25, 0.3) is 0 Å². The number of nitrogens with zero attached hydrogens (tertiary/aromatic N) is 3. The van der Waals surface area contributed by atoms with Crippen LogP contribution in [0.1, 0.15) is 44.9 Å². The molecule has 2 heterocycles. The Bertz CT molecular complexity index is 644. The highest BCUT2D eigenvalue weighted by atomic mass is 35.5. The number of alkyl halides is 1. The Balaban J connectivity index is 1.83. The standard InChI is InChI=1S/C18H24ClN3O3/c1-18(2,3)25-17(23)22-6-4-13(5-7-22)12-24-16-11-21-15(9-19)8-14(16)10-20/h8,11,13H,4-7,9,12H2,1-3H3. The van der Waals surface area contributed by atoms with E-state index in [2.05, 4.69) is 11.1 Å². The van der Waals surface area contributed by atoms with Crippen LogP contribution in [0.15, 0.2) is 12.3 Å². The molecular formula is C18H24ClN3O3. The lowest BCUT2D eigenvalue weighted by molar-refractivity contribution is 0.0165. The lowest BCUT2D eigenvalue weighted by atomic mass is 9.98. The Morgan fingerprint density at radius 2 is 2.12 bits per heavy atom. The number of carbonyl (C=O) groups is 1. The van der Waals surface area contributed by atoms with Crippen molar-refractivity contribution in [1.29, 1.82) is 5.26 Å². The van der Waals surface area contributed by atoms with Crippen LogP contribution in [-0.4, -0.2) is 41.3 Å². The average molecular weight is 366 g/mol. The normalized spacial score (nSPS) is 15.6. The topological polar surface area (TPSA) is 75.4 Å². The third kappa shape index (κ3) is 5.79. The van der Waals surface area contributed by atoms with Gasteiger partial charge in [-0.05, 0) is 45.6 Å². The highest BCUT2D eigenvalue weighted by Gasteiger charge is 2.27. The van der Waals surface area contributed by atoms with Gasteiger partial charge in [0.1, 0.15) is 11.7 Å². The Kier molecular flexibility index (Phi) is 6.49. The number of pyridine rings is 1. The minimum Gasteiger partial charge on any atom is -0.490 e. The van der Waals surface area contributed by atoms with E-state index in [1.165, 1.54) is 0 Å². The Morgan fingerprint density at radius 3 is 2.68 bits per heavy atom. The number of nitriles is 1. The third-order valence-corrected chi connectivity index (χ3v) is 4.20. The summed E-state index contributed by atoms with van der Waals surface area (Å²) in [5.41, 5.74) is 0.612. The van der Waals surface area contributed by atoms with Gasteiger partial charge < -0.3 is 14.4 Å². The van der Waals surface area contributed by atoms with E-state index in [1.54, 1.807) is 17.2 Å². The first-order valence-electron chi connectivity index (χ1n) is 8.38. The van der Waals surface area contributed by atoms with Gasteiger partial charge in [0, 0.05) is 13.1 Å². The van der Waals surface area contributed by atoms with Crippen molar-refractivity contribution < 1.29 is 14.3 Å². The molecule has 0 spiro atoms. The fraction of sp³-hybridized carbons (Fsp3) is 0.611. The predicted octanol–water partition coefficient (Wildman–Crippen LogP) is 3.72. The number of aromatic nitrogens is 1. The second-order valence-electron chi connectivity index (χ2n) is 7.14. The summed E-state index contributed by atoms with van der Waals surface area (Å²) in [6, 6.07) is 3.75. The zero-order valence-corrected chi connectivity index (χ0v) is 15.7. The first kappa shape index (κ1) is 19.3. The van der Waals surface area contributed by atoms with Gasteiger partial charge in [-0.2, -0.15) is 5.26 Å². The molecule has 1 aliphatic heterocycles. The van der Waals surface area contributed by atoms with Crippen molar-refractivity contribution in [3.63, 3.8) is 0 Å². The van der Waals surface area contributed by atoms with Gasteiger partial charge >= 0.3 is 6.09 Å². The fourth-order valence-electron chi connectivity index (χ4n) is 2.58. The molecule has 136 valence electrons. The summed E-state index contributed by atoms with van der Waals surface area (Å²) in [7, 11) is 0. The van der Waals surface area contributed by atoms with Crippen LogP contribution in [0, 0.1) is 17.2 Å². The molecule has 1 aromatic rings. The van der Waals surface area contributed by atoms with Crippen molar-refractivity contribution in [3.8, 4) is 11.8 Å². The van der Waals surface area contributed by atoms with E-state index >= 15 is 0 Å². The van der Waals surface area contributed by atoms with E-state index in [4.69, 9.17) is 21.1 Å². The fourth-order valence-corrected chi connectivity index (χ4v) is 2.72. The Morgan fingerprint density at radius 1 is 1.44 bits per heavy atom. The summed E-state index contributed by atoms with van der Waals surface area (Å²) in [5, 5.41) is 9.21. The molecule has 1 amide bonds. The predicted molar refractivity (Wildman–Crippen MR) is 94.5 cm³/mol. The molecule has 0 aromatic carbocycles. The zero-order valence-electron chi connectivity index (χ0n) is 14.9. The van der Waals surface area contributed by atoms with Crippen LogP contribution in [-0.2, 0) is 10.6 Å². The van der Waals surface area contributed by atoms with Crippen molar-refractivity contribution in [1.82, 2.24) is 9.88 Å². The van der Waals surface area contributed by atoms with E-state index in [-0.39, 0.29) is 12.0 Å². The molecule has 0 saturated carbocycles. The molecule has 0 radical (unpaired) electrons. The van der Waals surface area contributed by atoms with Crippen molar-refractivity contribution in [2.24, 2.45) is 5.92 Å². The summed E-state index contributed by atoms with van der Waals surface area (Å²) in [6.45, 7) is 7.39. The molecule has 0 bridgehead atoms. The number of amides is 1. The minimum atomic E-state index is -0.479. The summed E-state index contributed by atoms with van der Waals surface area (Å²) >= 11 is 5.73. The first-order valence-corrected chi connectivity index (χ1v) is 8.91. The van der Waals surface area contributed by atoms with Crippen LogP contribution in [0.2, 0.25) is 0 Å². The average Bonchev–Trinajstić information content (AvgIpc) is 2.58. The van der Waals surface area contributed by atoms with Crippen molar-refractivity contribution in [2.45, 2.75) is 45.1 Å². The van der Waals surface area contributed by atoms with Crippen molar-refractivity contribution in [2.75, 3.05) is 19.7 Å². The largest absolute Gasteiger partial charge is 0.490 e. The molecule has 0 unspecified atom stereocenters. The van der Waals surface area contributed by atoms with E-state index in [0.717, 1.165) is 12.8 Å². The van der Waals surface area contributed by atoms with Gasteiger partial charge in [0.15, 0.2) is 5.75 Å². The number of ether oxygens (including phenoxy) is 2. The van der Waals surface area contributed by atoms with Crippen LogP contribution in [0.3, 0.4) is 0 Å². The van der Waals surface area contributed by atoms with Gasteiger partial charge in [-0.3, -0.25) is 4.98 Å². The molecule has 1 aromatic heterocycles. The van der Waals surface area contributed by atoms with Crippen LogP contribution < -0.4 is 4.74 Å². The maximum absolute atomic E-state index is 12.1. The SMILES string of the molecule is CC(C)(C)OC(=O)N1CCC(COc2cnc(CCl)cc2C#N)CC1. The number of halogens is 1. The molecule has 0 atom stereocenters. The van der Waals surface area contributed by atoms with E-state index < -0.39 is 5.60 Å². The summed E-state index contributed by atoms with van der Waals surface area (Å²) in [4.78, 5) is 18.0. The molecule has 0 N–H and O–H groups in total. The Labute approximate surface area is 153 Å². The second kappa shape index (κ2) is 8.39. The molecule has 1 aliphatic rings. The highest BCUT2D eigenvalue weighted by Crippen LogP contribution is 2.23. The lowest BCUT2D eigenvalue weighted by Gasteiger charge is -2.33. The number of likely N-dealkylation sites (tertiary alicyclic amines) is 1. The second-order valence-corrected chi connectivity index (χ2v) is 7.41. The Hall–Kier alpha value is -2.00. The van der Waals surface area contributed by atoms with Crippen LogP contribution >= 0.6 is 11.6 Å². The van der Waals surface area contributed by atoms with Crippen molar-refractivity contribution in [3.05, 3.63) is 23.5 Å². The monoisotopic (exact) mass is 365 g/mol. The van der Waals surface area contributed by atoms with Gasteiger partial charge in [0.25, 0.3) is 0 Å². The lowest BCUT2D eigenvalue weighted by Crippen LogP contribution is -2.42. The summed E-state index contributed by atoms with van der Waals surface area (Å²) in [6.07, 6.45) is 2.97. The van der Waals surface area contributed by atoms with Gasteiger partial charge in [0.05, 0.1) is 29.9 Å². The van der Waals surface area contributed by atoms with Gasteiger partial charge in [-0.1, -0.05) is 0 Å². The van der Waals surface area contributed by atoms with Crippen molar-refractivity contribution >= 4 is 17.7 Å². The van der Waals surface area contributed by atoms with Gasteiger partial charge in [-0.15, -0.1) is 11.6 Å². The highest BCUT2D eigenvalue weighted by molar-refractivity contribution is 6.16. The zero-order chi connectivity index (χ0) is 18.4. The maximum atomic E-state index is 12.1. The number of hydrogen-bond acceptors (Lipinski definition) is 5. The molecule has 1 fully saturated rings. The molecule has 2 rings (SSSR count). The van der Waals surface area contributed by atoms with Gasteiger partial charge in [-0.25, -0.2) is 4.79 Å². The smallest absolute Gasteiger partial charge is 0.410 e. The number of hydrogen-bond donors (Lipinski definition) is 0. The van der Waals surface area contributed by atoms with E-state index in [1.807, 2.05) is 20.8 Å². The number of piperidine rings is 1. The number of carbonyl (C=O) groups excluding carboxylic acids is 1. The van der Waals surface area contributed by atoms with Crippen LogP contribution in [0.5, 0.6) is 5.75 Å². The molecule has 0 aliphatic carbocycles. The number of rotatable bonds is 4. The molecule has 25 heavy (non-hydrogen) atoms. The molecule has 7 heteroatoms. The third-order valence-electron chi connectivity index (χ3n) is 3.92. The summed E-state index contributed by atoms with van der Waals surface area (Å²) < 4.78 is 11.2. The molecule has 6 nitrogen and oxygen atoms in total. The van der Waals surface area contributed by atoms with E-state index in [0.29, 0.717) is 42.6 Å². The quantitative estimate of drug-likeness (QED) is 0.760.